The fourth-order valence-electron chi connectivity index (χ4n) is 5.38. The van der Waals surface area contributed by atoms with Gasteiger partial charge in [0.25, 0.3) is 7.98 Å². The molecule has 2 aliphatic heterocycles. The van der Waals surface area contributed by atoms with Gasteiger partial charge in [-0.3, -0.25) is 9.59 Å². The van der Waals surface area contributed by atoms with E-state index in [1.165, 1.54) is 4.90 Å². The summed E-state index contributed by atoms with van der Waals surface area (Å²) in [5, 5.41) is 10.1. The summed E-state index contributed by atoms with van der Waals surface area (Å²) in [6.07, 6.45) is 2.65. The van der Waals surface area contributed by atoms with Crippen molar-refractivity contribution >= 4 is 34.2 Å². The third-order valence-electron chi connectivity index (χ3n) is 6.93. The van der Waals surface area contributed by atoms with Gasteiger partial charge in [-0.2, -0.15) is 0 Å². The fraction of sp³-hybridized carbons (Fsp3) is 0.269. The number of ketones is 1. The summed E-state index contributed by atoms with van der Waals surface area (Å²) in [6, 6.07) is 12.5. The van der Waals surface area contributed by atoms with Gasteiger partial charge >= 0.3 is 5.97 Å². The maximum atomic E-state index is 12.7. The summed E-state index contributed by atoms with van der Waals surface area (Å²) in [4.78, 5) is 39.6. The van der Waals surface area contributed by atoms with E-state index in [0.29, 0.717) is 22.4 Å². The first kappa shape index (κ1) is 24.2. The molecule has 0 bridgehead atoms. The molecule has 4 atom stereocenters. The zero-order valence-electron chi connectivity index (χ0n) is 19.6. The topological polar surface area (TPSA) is 106 Å². The van der Waals surface area contributed by atoms with Crippen molar-refractivity contribution in [3.05, 3.63) is 77.0 Å². The second-order valence-corrected chi connectivity index (χ2v) is 9.48. The number of aliphatic hydroxyl groups is 1. The van der Waals surface area contributed by atoms with Gasteiger partial charge in [0.15, 0.2) is 5.78 Å². The molecule has 3 aliphatic rings. The predicted octanol–water partition coefficient (Wildman–Crippen LogP) is 3.62. The van der Waals surface area contributed by atoms with Gasteiger partial charge < -0.3 is 23.9 Å². The maximum absolute atomic E-state index is 12.7. The van der Waals surface area contributed by atoms with Gasteiger partial charge in [-0.05, 0) is 30.2 Å². The Labute approximate surface area is 211 Å². The van der Waals surface area contributed by atoms with Crippen LogP contribution in [0.1, 0.15) is 29.8 Å². The Morgan fingerprint density at radius 1 is 1.19 bits per heavy atom. The van der Waals surface area contributed by atoms with Crippen LogP contribution in [-0.4, -0.2) is 54.4 Å². The van der Waals surface area contributed by atoms with Crippen LogP contribution >= 0.6 is 8.60 Å². The molecule has 5 rings (SSSR count). The lowest BCUT2D eigenvalue weighted by atomic mass is 9.78. The molecule has 0 spiro atoms. The van der Waals surface area contributed by atoms with Gasteiger partial charge in [0.2, 0.25) is 14.5 Å². The van der Waals surface area contributed by atoms with Gasteiger partial charge in [0, 0.05) is 22.6 Å². The lowest BCUT2D eigenvalue weighted by Gasteiger charge is -2.46. The number of carbonyl (C=O) groups is 3. The molecule has 1 aliphatic carbocycles. The van der Waals surface area contributed by atoms with Gasteiger partial charge in [0.05, 0.1) is 18.1 Å². The molecule has 36 heavy (non-hydrogen) atoms. The molecule has 2 radical (unpaired) electrons. The van der Waals surface area contributed by atoms with Crippen molar-refractivity contribution in [1.82, 2.24) is 4.90 Å². The highest BCUT2D eigenvalue weighted by molar-refractivity contribution is 7.22. The standard InChI is InChI=1S/C26H22BN2O6P/c1-13-15(23(26(33)35-36-28-27)29-22(13)20(14(2)30)25(29)32)10-6-12-34-19-11-5-9-18-21(19)16-7-3-4-8-17(16)24(18)31/h3-11,13-14,20,22,30H,12H2,1-2H3/t13-,14?,20?,22?/m0/s1. The number of benzene rings is 2. The third-order valence-corrected chi connectivity index (χ3v) is 7.28. The molecule has 180 valence electrons. The highest BCUT2D eigenvalue weighted by Gasteiger charge is 2.59. The highest BCUT2D eigenvalue weighted by atomic mass is 31.1. The van der Waals surface area contributed by atoms with E-state index in [-0.39, 0.29) is 44.6 Å². The molecule has 8 nitrogen and oxygen atoms in total. The second-order valence-electron chi connectivity index (χ2n) is 8.90. The minimum atomic E-state index is -0.840. The summed E-state index contributed by atoms with van der Waals surface area (Å²) in [5.74, 6) is -1.28. The Bertz CT molecular complexity index is 1370. The monoisotopic (exact) mass is 500 g/mol. The average Bonchev–Trinajstić information content (AvgIpc) is 3.29. The molecule has 1 saturated heterocycles. The van der Waals surface area contributed by atoms with Crippen LogP contribution in [0.2, 0.25) is 0 Å². The van der Waals surface area contributed by atoms with Crippen LogP contribution in [0, 0.1) is 11.8 Å². The van der Waals surface area contributed by atoms with Crippen LogP contribution in [0.15, 0.2) is 70.5 Å². The SMILES string of the molecule is [B]N=POC(=O)C1=C(C=CCOc2cccc3c2-c2ccccc2C3=O)[C@H](C)C2C(C(C)O)C(=O)N12. The molecular formula is C26H22BN2O6P. The smallest absolute Gasteiger partial charge is 0.364 e. The molecule has 2 aromatic carbocycles. The minimum Gasteiger partial charge on any atom is -0.489 e. The number of rotatable bonds is 7. The summed E-state index contributed by atoms with van der Waals surface area (Å²) in [5.41, 5.74) is 3.59. The zero-order valence-corrected chi connectivity index (χ0v) is 20.5. The van der Waals surface area contributed by atoms with E-state index < -0.39 is 18.0 Å². The quantitative estimate of drug-likeness (QED) is 0.302. The van der Waals surface area contributed by atoms with Crippen molar-refractivity contribution in [2.75, 3.05) is 6.61 Å². The largest absolute Gasteiger partial charge is 0.489 e. The lowest BCUT2D eigenvalue weighted by Crippen LogP contribution is -2.63. The summed E-state index contributed by atoms with van der Waals surface area (Å²) >= 11 is 0. The lowest BCUT2D eigenvalue weighted by molar-refractivity contribution is -0.162. The van der Waals surface area contributed by atoms with Crippen LogP contribution in [0.3, 0.4) is 0 Å². The summed E-state index contributed by atoms with van der Waals surface area (Å²) < 4.78 is 14.4. The van der Waals surface area contributed by atoms with Crippen LogP contribution in [0.25, 0.3) is 11.1 Å². The van der Waals surface area contributed by atoms with Crippen molar-refractivity contribution < 1.29 is 28.8 Å². The van der Waals surface area contributed by atoms with E-state index >= 15 is 0 Å². The van der Waals surface area contributed by atoms with Crippen molar-refractivity contribution in [2.45, 2.75) is 26.0 Å². The van der Waals surface area contributed by atoms with Crippen molar-refractivity contribution in [2.24, 2.45) is 16.5 Å². The summed E-state index contributed by atoms with van der Waals surface area (Å²) in [6.45, 7) is 3.64. The van der Waals surface area contributed by atoms with E-state index in [4.69, 9.17) is 17.2 Å². The number of β-lactam (4-membered cyclic amide) rings is 1. The van der Waals surface area contributed by atoms with Crippen molar-refractivity contribution in [1.29, 1.82) is 0 Å². The Morgan fingerprint density at radius 2 is 1.92 bits per heavy atom. The van der Waals surface area contributed by atoms with E-state index in [0.717, 1.165) is 11.1 Å². The van der Waals surface area contributed by atoms with Gasteiger partial charge in [-0.25, -0.2) is 4.79 Å². The Kier molecular flexibility index (Phi) is 6.37. The third kappa shape index (κ3) is 3.70. The van der Waals surface area contributed by atoms with Crippen LogP contribution in [0.4, 0.5) is 0 Å². The maximum Gasteiger partial charge on any atom is 0.364 e. The number of carbonyl (C=O) groups excluding carboxylic acids is 3. The first-order valence-electron chi connectivity index (χ1n) is 11.5. The molecule has 1 N–H and O–H groups in total. The number of aliphatic hydroxyl groups excluding tert-OH is 1. The first-order valence-corrected chi connectivity index (χ1v) is 12.3. The second kappa shape index (κ2) is 9.49. The zero-order chi connectivity index (χ0) is 25.6. The van der Waals surface area contributed by atoms with E-state index in [9.17, 15) is 19.5 Å². The van der Waals surface area contributed by atoms with Crippen LogP contribution < -0.4 is 4.74 Å². The van der Waals surface area contributed by atoms with Gasteiger partial charge in [-0.15, -0.1) is 0 Å². The predicted molar refractivity (Wildman–Crippen MR) is 133 cm³/mol. The molecule has 2 heterocycles. The summed E-state index contributed by atoms with van der Waals surface area (Å²) in [7, 11) is 5.01. The van der Waals surface area contributed by atoms with Crippen molar-refractivity contribution in [3.63, 3.8) is 0 Å². The van der Waals surface area contributed by atoms with Gasteiger partial charge in [-0.1, -0.05) is 49.4 Å². The number of amides is 1. The molecule has 0 saturated carbocycles. The number of hydrogen-bond donors (Lipinski definition) is 1. The van der Waals surface area contributed by atoms with E-state index in [1.54, 1.807) is 37.3 Å². The average molecular weight is 500 g/mol. The molecule has 1 fully saturated rings. The number of hydrogen-bond acceptors (Lipinski definition) is 7. The number of allylic oxidation sites excluding steroid dienone is 1. The number of nitrogens with zero attached hydrogens (tertiary/aromatic N) is 2. The molecule has 1 amide bonds. The fourth-order valence-corrected chi connectivity index (χ4v) is 5.59. The van der Waals surface area contributed by atoms with Gasteiger partial charge in [0.1, 0.15) is 18.1 Å². The highest BCUT2D eigenvalue weighted by Crippen LogP contribution is 2.48. The van der Waals surface area contributed by atoms with Crippen LogP contribution in [0.5, 0.6) is 5.75 Å². The molecule has 10 heteroatoms. The molecule has 0 aromatic heterocycles. The number of ether oxygens (including phenoxy) is 1. The van der Waals surface area contributed by atoms with E-state index in [1.807, 2.05) is 31.2 Å². The molecule has 2 aromatic rings. The Balaban J connectivity index is 1.40. The molecule has 3 unspecified atom stereocenters. The number of fused-ring (bicyclic) bond motifs is 4. The Hall–Kier alpha value is -3.55. The normalized spacial score (nSPS) is 23.1. The van der Waals surface area contributed by atoms with E-state index in [2.05, 4.69) is 4.66 Å². The first-order chi connectivity index (χ1) is 17.4. The van der Waals surface area contributed by atoms with Crippen molar-refractivity contribution in [3.8, 4) is 16.9 Å². The minimum absolute atomic E-state index is 0.0277. The Morgan fingerprint density at radius 3 is 2.64 bits per heavy atom. The van der Waals surface area contributed by atoms with Crippen LogP contribution in [-0.2, 0) is 14.1 Å². The molecular weight excluding hydrogens is 478 g/mol.